The van der Waals surface area contributed by atoms with Gasteiger partial charge in [-0.3, -0.25) is 4.55 Å². The summed E-state index contributed by atoms with van der Waals surface area (Å²) in [6.45, 7) is 12.7. The number of ether oxygens (including phenoxy) is 2. The number of nitrogens with zero attached hydrogens (tertiary/aromatic N) is 1. The van der Waals surface area contributed by atoms with Gasteiger partial charge in [-0.05, 0) is 33.6 Å². The minimum Gasteiger partial charge on any atom is -0.379 e. The summed E-state index contributed by atoms with van der Waals surface area (Å²) in [6, 6.07) is 0. The molecule has 7 heteroatoms. The summed E-state index contributed by atoms with van der Waals surface area (Å²) in [5.41, 5.74) is 0. The maximum absolute atomic E-state index is 10.7. The SMILES string of the molecule is CCOCCOCC[N+](CC)(CC)CCCCS(=O)(=O)O. The molecule has 0 fully saturated rings. The van der Waals surface area contributed by atoms with Crippen LogP contribution in [-0.2, 0) is 19.6 Å². The van der Waals surface area contributed by atoms with Crippen LogP contribution >= 0.6 is 0 Å². The van der Waals surface area contributed by atoms with Crippen LogP contribution in [0.2, 0.25) is 0 Å². The largest absolute Gasteiger partial charge is 0.379 e. The first-order chi connectivity index (χ1) is 9.89. The standard InChI is InChI=1S/C14H31NO5S/c1-4-15(5-2,9-7-8-14-21(16,17)18)10-11-20-13-12-19-6-3/h4-14H2,1-3H3/p+1. The van der Waals surface area contributed by atoms with Crippen LogP contribution in [0.1, 0.15) is 33.6 Å². The molecule has 0 aromatic carbocycles. The smallest absolute Gasteiger partial charge is 0.264 e. The number of likely N-dealkylation sites (N-methyl/N-ethyl adjacent to an activating group) is 1. The Kier molecular flexibility index (Phi) is 11.3. The van der Waals surface area contributed by atoms with E-state index in [4.69, 9.17) is 14.0 Å². The summed E-state index contributed by atoms with van der Waals surface area (Å²) < 4.78 is 41.9. The van der Waals surface area contributed by atoms with Gasteiger partial charge in [0.15, 0.2) is 0 Å². The van der Waals surface area contributed by atoms with Crippen molar-refractivity contribution in [3.05, 3.63) is 0 Å². The van der Waals surface area contributed by atoms with E-state index in [1.165, 1.54) is 0 Å². The highest BCUT2D eigenvalue weighted by molar-refractivity contribution is 7.85. The molecular weight excluding hydrogens is 294 g/mol. The summed E-state index contributed by atoms with van der Waals surface area (Å²) in [4.78, 5) is 0. The van der Waals surface area contributed by atoms with Crippen LogP contribution in [0, 0.1) is 0 Å². The minimum atomic E-state index is -3.83. The lowest BCUT2D eigenvalue weighted by Gasteiger charge is -2.37. The molecule has 0 amide bonds. The van der Waals surface area contributed by atoms with Crippen LogP contribution in [0.3, 0.4) is 0 Å². The molecule has 0 radical (unpaired) electrons. The van der Waals surface area contributed by atoms with Gasteiger partial charge in [-0.25, -0.2) is 0 Å². The van der Waals surface area contributed by atoms with E-state index >= 15 is 0 Å². The van der Waals surface area contributed by atoms with E-state index < -0.39 is 10.1 Å². The van der Waals surface area contributed by atoms with Gasteiger partial charge in [0.2, 0.25) is 0 Å². The molecule has 0 spiro atoms. The van der Waals surface area contributed by atoms with Gasteiger partial charge < -0.3 is 14.0 Å². The molecule has 0 saturated heterocycles. The summed E-state index contributed by atoms with van der Waals surface area (Å²) in [6.07, 6.45) is 1.30. The van der Waals surface area contributed by atoms with Gasteiger partial charge in [-0.1, -0.05) is 0 Å². The third-order valence-corrected chi connectivity index (χ3v) is 4.72. The predicted molar refractivity (Wildman–Crippen MR) is 84.0 cm³/mol. The highest BCUT2D eigenvalue weighted by Gasteiger charge is 2.22. The second kappa shape index (κ2) is 11.4. The molecule has 0 heterocycles. The van der Waals surface area contributed by atoms with Crippen LogP contribution in [0.25, 0.3) is 0 Å². The Labute approximate surface area is 129 Å². The third kappa shape index (κ3) is 11.1. The molecule has 0 aliphatic carbocycles. The molecule has 21 heavy (non-hydrogen) atoms. The van der Waals surface area contributed by atoms with E-state index in [-0.39, 0.29) is 5.75 Å². The first kappa shape index (κ1) is 20.8. The van der Waals surface area contributed by atoms with Crippen LogP contribution < -0.4 is 0 Å². The lowest BCUT2D eigenvalue weighted by Crippen LogP contribution is -2.50. The Balaban J connectivity index is 4.00. The Morgan fingerprint density at radius 2 is 1.52 bits per heavy atom. The van der Waals surface area contributed by atoms with Gasteiger partial charge in [-0.2, -0.15) is 8.42 Å². The average molecular weight is 326 g/mol. The summed E-state index contributed by atoms with van der Waals surface area (Å²) in [5.74, 6) is -0.148. The molecule has 0 atom stereocenters. The minimum absolute atomic E-state index is 0.148. The van der Waals surface area contributed by atoms with Crippen molar-refractivity contribution in [2.24, 2.45) is 0 Å². The van der Waals surface area contributed by atoms with E-state index in [2.05, 4.69) is 13.8 Å². The first-order valence-electron chi connectivity index (χ1n) is 7.85. The van der Waals surface area contributed by atoms with Crippen molar-refractivity contribution in [2.75, 3.05) is 58.4 Å². The number of unbranched alkanes of at least 4 members (excludes halogenated alkanes) is 1. The van der Waals surface area contributed by atoms with E-state index in [9.17, 15) is 8.42 Å². The van der Waals surface area contributed by atoms with Crippen molar-refractivity contribution in [3.8, 4) is 0 Å². The molecular formula is C14H32NO5S+. The second-order valence-corrected chi connectivity index (χ2v) is 6.80. The Hall–Kier alpha value is -0.210. The van der Waals surface area contributed by atoms with E-state index in [0.717, 1.165) is 37.1 Å². The first-order valence-corrected chi connectivity index (χ1v) is 9.45. The fourth-order valence-electron chi connectivity index (χ4n) is 2.32. The molecule has 0 aliphatic heterocycles. The Morgan fingerprint density at radius 1 is 0.905 bits per heavy atom. The van der Waals surface area contributed by atoms with Crippen molar-refractivity contribution in [1.82, 2.24) is 0 Å². The zero-order valence-corrected chi connectivity index (χ0v) is 14.5. The number of rotatable bonds is 14. The normalized spacial score (nSPS) is 12.8. The number of hydrogen-bond donors (Lipinski definition) is 1. The van der Waals surface area contributed by atoms with Crippen molar-refractivity contribution >= 4 is 10.1 Å². The molecule has 0 aromatic rings. The molecule has 0 bridgehead atoms. The lowest BCUT2D eigenvalue weighted by atomic mass is 10.2. The van der Waals surface area contributed by atoms with Crippen LogP contribution in [0.5, 0.6) is 0 Å². The maximum Gasteiger partial charge on any atom is 0.264 e. The van der Waals surface area contributed by atoms with Crippen LogP contribution in [0.4, 0.5) is 0 Å². The van der Waals surface area contributed by atoms with E-state index in [1.54, 1.807) is 0 Å². The zero-order valence-electron chi connectivity index (χ0n) is 13.7. The maximum atomic E-state index is 10.7. The molecule has 128 valence electrons. The van der Waals surface area contributed by atoms with E-state index in [0.29, 0.717) is 32.8 Å². The van der Waals surface area contributed by atoms with Crippen molar-refractivity contribution < 1.29 is 26.9 Å². The summed E-state index contributed by atoms with van der Waals surface area (Å²) in [5, 5.41) is 0. The zero-order chi connectivity index (χ0) is 16.2. The molecule has 0 aliphatic rings. The Bertz CT molecular complexity index is 341. The number of quaternary nitrogens is 1. The van der Waals surface area contributed by atoms with Crippen molar-refractivity contribution in [2.45, 2.75) is 33.6 Å². The van der Waals surface area contributed by atoms with Gasteiger partial charge in [0.1, 0.15) is 6.54 Å². The van der Waals surface area contributed by atoms with Gasteiger partial charge in [0.25, 0.3) is 10.1 Å². The highest BCUT2D eigenvalue weighted by atomic mass is 32.2. The molecule has 0 rings (SSSR count). The van der Waals surface area contributed by atoms with Crippen molar-refractivity contribution in [3.63, 3.8) is 0 Å². The van der Waals surface area contributed by atoms with Gasteiger partial charge >= 0.3 is 0 Å². The molecule has 0 saturated carbocycles. The molecule has 0 unspecified atom stereocenters. The fraction of sp³-hybridized carbons (Fsp3) is 1.00. The lowest BCUT2D eigenvalue weighted by molar-refractivity contribution is -0.925. The monoisotopic (exact) mass is 326 g/mol. The molecule has 6 nitrogen and oxygen atoms in total. The van der Waals surface area contributed by atoms with Crippen molar-refractivity contribution in [1.29, 1.82) is 0 Å². The van der Waals surface area contributed by atoms with E-state index in [1.807, 2.05) is 6.92 Å². The summed E-state index contributed by atoms with van der Waals surface area (Å²) >= 11 is 0. The average Bonchev–Trinajstić information content (AvgIpc) is 2.44. The van der Waals surface area contributed by atoms with Gasteiger partial charge in [0, 0.05) is 6.61 Å². The second-order valence-electron chi connectivity index (χ2n) is 5.22. The van der Waals surface area contributed by atoms with Gasteiger partial charge in [-0.15, -0.1) is 0 Å². The quantitative estimate of drug-likeness (QED) is 0.298. The van der Waals surface area contributed by atoms with Crippen LogP contribution in [0.15, 0.2) is 0 Å². The molecule has 1 N–H and O–H groups in total. The molecule has 0 aromatic heterocycles. The fourth-order valence-corrected chi connectivity index (χ4v) is 2.89. The number of hydrogen-bond acceptors (Lipinski definition) is 4. The third-order valence-electron chi connectivity index (χ3n) is 3.91. The predicted octanol–water partition coefficient (Wildman–Crippen LogP) is 1.56. The highest BCUT2D eigenvalue weighted by Crippen LogP contribution is 2.10. The Morgan fingerprint density at radius 3 is 2.05 bits per heavy atom. The topological polar surface area (TPSA) is 72.8 Å². The van der Waals surface area contributed by atoms with Gasteiger partial charge in [0.05, 0.1) is 45.2 Å². The summed E-state index contributed by atoms with van der Waals surface area (Å²) in [7, 11) is -3.83. The van der Waals surface area contributed by atoms with Crippen LogP contribution in [-0.4, -0.2) is 75.8 Å².